The molecular weight excluding hydrogens is 218 g/mol. The fraction of sp³-hybridized carbons (Fsp3) is 0.400. The van der Waals surface area contributed by atoms with Crippen LogP contribution >= 0.6 is 11.6 Å². The van der Waals surface area contributed by atoms with E-state index in [0.29, 0.717) is 29.5 Å². The van der Waals surface area contributed by atoms with Gasteiger partial charge in [0.05, 0.1) is 25.8 Å². The second-order valence-electron chi connectivity index (χ2n) is 2.88. The van der Waals surface area contributed by atoms with Gasteiger partial charge in [-0.2, -0.15) is 0 Å². The van der Waals surface area contributed by atoms with E-state index in [1.807, 2.05) is 0 Å². The third kappa shape index (κ3) is 2.75. The lowest BCUT2D eigenvalue weighted by atomic mass is 10.1. The zero-order valence-corrected chi connectivity index (χ0v) is 9.50. The lowest BCUT2D eigenvalue weighted by Gasteiger charge is -2.12. The van der Waals surface area contributed by atoms with Gasteiger partial charge in [-0.1, -0.05) is 11.6 Å². The summed E-state index contributed by atoms with van der Waals surface area (Å²) in [7, 11) is 3.15. The predicted octanol–water partition coefficient (Wildman–Crippen LogP) is 1.79. The lowest BCUT2D eigenvalue weighted by Crippen LogP contribution is -2.05. The Hall–Kier alpha value is -0.970. The third-order valence-electron chi connectivity index (χ3n) is 2.07. The Kier molecular flexibility index (Phi) is 4.68. The van der Waals surface area contributed by atoms with Crippen molar-refractivity contribution in [1.82, 2.24) is 0 Å². The molecule has 0 aromatic heterocycles. The van der Waals surface area contributed by atoms with Crippen LogP contribution in [0.2, 0.25) is 5.02 Å². The SMILES string of the molecule is COc1ccc(OC)c(CCON)c1Cl. The van der Waals surface area contributed by atoms with E-state index in [2.05, 4.69) is 4.84 Å². The van der Waals surface area contributed by atoms with Crippen molar-refractivity contribution in [3.8, 4) is 11.5 Å². The van der Waals surface area contributed by atoms with Crippen molar-refractivity contribution in [2.24, 2.45) is 5.90 Å². The Balaban J connectivity index is 3.05. The summed E-state index contributed by atoms with van der Waals surface area (Å²) >= 11 is 6.13. The van der Waals surface area contributed by atoms with Gasteiger partial charge in [-0.25, -0.2) is 5.90 Å². The minimum Gasteiger partial charge on any atom is -0.496 e. The van der Waals surface area contributed by atoms with Crippen LogP contribution < -0.4 is 15.4 Å². The minimum absolute atomic E-state index is 0.378. The standard InChI is InChI=1S/C10H14ClNO3/c1-13-8-3-4-9(14-2)10(11)7(8)5-6-15-12/h3-4H,5-6,12H2,1-2H3. The Morgan fingerprint density at radius 3 is 2.33 bits per heavy atom. The second kappa shape index (κ2) is 5.80. The molecule has 0 saturated carbocycles. The Labute approximate surface area is 93.8 Å². The van der Waals surface area contributed by atoms with Gasteiger partial charge in [0.25, 0.3) is 0 Å². The first-order valence-electron chi connectivity index (χ1n) is 4.45. The first-order valence-corrected chi connectivity index (χ1v) is 4.83. The van der Waals surface area contributed by atoms with E-state index in [-0.39, 0.29) is 0 Å². The summed E-state index contributed by atoms with van der Waals surface area (Å²) in [5, 5.41) is 0.536. The molecule has 84 valence electrons. The summed E-state index contributed by atoms with van der Waals surface area (Å²) in [6, 6.07) is 3.56. The first-order chi connectivity index (χ1) is 7.24. The van der Waals surface area contributed by atoms with Crippen LogP contribution in [-0.4, -0.2) is 20.8 Å². The van der Waals surface area contributed by atoms with Crippen molar-refractivity contribution >= 4 is 11.6 Å². The molecule has 0 amide bonds. The van der Waals surface area contributed by atoms with Crippen molar-refractivity contribution in [1.29, 1.82) is 0 Å². The average molecular weight is 232 g/mol. The highest BCUT2D eigenvalue weighted by Gasteiger charge is 2.12. The molecule has 1 rings (SSSR count). The molecule has 0 unspecified atom stereocenters. The fourth-order valence-corrected chi connectivity index (χ4v) is 1.65. The van der Waals surface area contributed by atoms with Gasteiger partial charge < -0.3 is 14.3 Å². The van der Waals surface area contributed by atoms with Crippen LogP contribution in [0.5, 0.6) is 11.5 Å². The van der Waals surface area contributed by atoms with E-state index in [9.17, 15) is 0 Å². The topological polar surface area (TPSA) is 53.7 Å². The molecular formula is C10H14ClNO3. The average Bonchev–Trinajstić information content (AvgIpc) is 2.27. The molecule has 4 nitrogen and oxygen atoms in total. The molecule has 0 saturated heterocycles. The largest absolute Gasteiger partial charge is 0.496 e. The molecule has 2 N–H and O–H groups in total. The van der Waals surface area contributed by atoms with Gasteiger partial charge in [-0.05, 0) is 12.1 Å². The van der Waals surface area contributed by atoms with E-state index < -0.39 is 0 Å². The number of benzene rings is 1. The highest BCUT2D eigenvalue weighted by Crippen LogP contribution is 2.34. The molecule has 15 heavy (non-hydrogen) atoms. The Morgan fingerprint density at radius 2 is 1.80 bits per heavy atom. The summed E-state index contributed by atoms with van der Waals surface area (Å²) in [5.74, 6) is 6.29. The molecule has 1 aromatic rings. The van der Waals surface area contributed by atoms with Crippen molar-refractivity contribution in [3.05, 3.63) is 22.7 Å². The summed E-state index contributed by atoms with van der Waals surface area (Å²) < 4.78 is 10.3. The summed E-state index contributed by atoms with van der Waals surface area (Å²) in [4.78, 5) is 4.52. The van der Waals surface area contributed by atoms with E-state index in [4.69, 9.17) is 27.0 Å². The molecule has 0 fully saturated rings. The van der Waals surface area contributed by atoms with E-state index in [1.54, 1.807) is 26.4 Å². The van der Waals surface area contributed by atoms with Gasteiger partial charge in [0, 0.05) is 12.0 Å². The number of methoxy groups -OCH3 is 2. The summed E-state index contributed by atoms with van der Waals surface area (Å²) in [6.45, 7) is 0.378. The number of rotatable bonds is 5. The fourth-order valence-electron chi connectivity index (χ4n) is 1.32. The molecule has 0 radical (unpaired) electrons. The maximum atomic E-state index is 6.13. The lowest BCUT2D eigenvalue weighted by molar-refractivity contribution is 0.140. The molecule has 0 bridgehead atoms. The maximum Gasteiger partial charge on any atom is 0.138 e. The second-order valence-corrected chi connectivity index (χ2v) is 3.26. The van der Waals surface area contributed by atoms with Crippen LogP contribution in [0, 0.1) is 0 Å². The number of hydrogen-bond donors (Lipinski definition) is 1. The molecule has 0 aliphatic rings. The normalized spacial score (nSPS) is 10.1. The molecule has 0 heterocycles. The zero-order chi connectivity index (χ0) is 11.3. The van der Waals surface area contributed by atoms with Crippen LogP contribution in [0.25, 0.3) is 0 Å². The van der Waals surface area contributed by atoms with Crippen molar-refractivity contribution < 1.29 is 14.3 Å². The molecule has 0 atom stereocenters. The van der Waals surface area contributed by atoms with Crippen LogP contribution in [0.3, 0.4) is 0 Å². The first kappa shape index (κ1) is 12.1. The van der Waals surface area contributed by atoms with Crippen LogP contribution in [0.1, 0.15) is 5.56 Å². The highest BCUT2D eigenvalue weighted by molar-refractivity contribution is 6.33. The van der Waals surface area contributed by atoms with Crippen LogP contribution in [0.15, 0.2) is 12.1 Å². The van der Waals surface area contributed by atoms with Crippen molar-refractivity contribution in [2.45, 2.75) is 6.42 Å². The Morgan fingerprint density at radius 1 is 1.20 bits per heavy atom. The monoisotopic (exact) mass is 231 g/mol. The quantitative estimate of drug-likeness (QED) is 0.785. The van der Waals surface area contributed by atoms with Crippen LogP contribution in [-0.2, 0) is 11.3 Å². The van der Waals surface area contributed by atoms with Gasteiger partial charge in [0.2, 0.25) is 0 Å². The van der Waals surface area contributed by atoms with E-state index >= 15 is 0 Å². The van der Waals surface area contributed by atoms with Gasteiger partial charge in [-0.3, -0.25) is 0 Å². The minimum atomic E-state index is 0.378. The van der Waals surface area contributed by atoms with Crippen molar-refractivity contribution in [2.75, 3.05) is 20.8 Å². The molecule has 1 aromatic carbocycles. The van der Waals surface area contributed by atoms with Gasteiger partial charge >= 0.3 is 0 Å². The Bertz CT molecular complexity index is 331. The summed E-state index contributed by atoms with van der Waals surface area (Å²) in [5.41, 5.74) is 0.837. The molecule has 0 spiro atoms. The smallest absolute Gasteiger partial charge is 0.138 e. The van der Waals surface area contributed by atoms with Gasteiger partial charge in [-0.15, -0.1) is 0 Å². The number of nitrogens with two attached hydrogens (primary N) is 1. The number of halogens is 1. The van der Waals surface area contributed by atoms with E-state index in [0.717, 1.165) is 5.56 Å². The maximum absolute atomic E-state index is 6.13. The third-order valence-corrected chi connectivity index (χ3v) is 2.49. The molecule has 0 aliphatic carbocycles. The summed E-state index contributed by atoms with van der Waals surface area (Å²) in [6.07, 6.45) is 0.579. The zero-order valence-electron chi connectivity index (χ0n) is 8.75. The molecule has 0 aliphatic heterocycles. The number of ether oxygens (including phenoxy) is 2. The van der Waals surface area contributed by atoms with Gasteiger partial charge in [0.15, 0.2) is 0 Å². The molecule has 5 heteroatoms. The predicted molar refractivity (Wildman–Crippen MR) is 58.4 cm³/mol. The van der Waals surface area contributed by atoms with Crippen LogP contribution in [0.4, 0.5) is 0 Å². The van der Waals surface area contributed by atoms with Gasteiger partial charge in [0.1, 0.15) is 11.5 Å². The van der Waals surface area contributed by atoms with Crippen molar-refractivity contribution in [3.63, 3.8) is 0 Å². The van der Waals surface area contributed by atoms with E-state index in [1.165, 1.54) is 0 Å². The highest BCUT2D eigenvalue weighted by atomic mass is 35.5. The number of hydrogen-bond acceptors (Lipinski definition) is 4.